The highest BCUT2D eigenvalue weighted by Crippen LogP contribution is 2.26. The first kappa shape index (κ1) is 17.5. The molecule has 8 heteroatoms. The monoisotopic (exact) mass is 368 g/mol. The van der Waals surface area contributed by atoms with E-state index in [4.69, 9.17) is 5.10 Å². The highest BCUT2D eigenvalue weighted by Gasteiger charge is 2.24. The van der Waals surface area contributed by atoms with Crippen LogP contribution in [0, 0.1) is 5.82 Å². The number of hydrogen-bond acceptors (Lipinski definition) is 5. The first-order chi connectivity index (χ1) is 13.2. The smallest absolute Gasteiger partial charge is 0.224 e. The third-order valence-corrected chi connectivity index (χ3v) is 4.77. The summed E-state index contributed by atoms with van der Waals surface area (Å²) in [5.41, 5.74) is 3.33. The van der Waals surface area contributed by atoms with Gasteiger partial charge >= 0.3 is 0 Å². The minimum absolute atomic E-state index is 0.107. The van der Waals surface area contributed by atoms with Crippen LogP contribution in [0.1, 0.15) is 23.6 Å². The Labute approximate surface area is 156 Å². The SMILES string of the molecule is O=C(Cc1ccc(F)cc1)NCCn1nc([C@@H]2CCNC2)c2nccnc21. The van der Waals surface area contributed by atoms with Crippen LogP contribution >= 0.6 is 0 Å². The van der Waals surface area contributed by atoms with Crippen molar-refractivity contribution in [2.24, 2.45) is 0 Å². The van der Waals surface area contributed by atoms with Crippen molar-refractivity contribution in [3.05, 3.63) is 53.7 Å². The summed E-state index contributed by atoms with van der Waals surface area (Å²) >= 11 is 0. The van der Waals surface area contributed by atoms with Gasteiger partial charge in [-0.2, -0.15) is 5.10 Å². The number of benzene rings is 1. The van der Waals surface area contributed by atoms with Gasteiger partial charge < -0.3 is 10.6 Å². The Kier molecular flexibility index (Phi) is 5.06. The third kappa shape index (κ3) is 3.95. The van der Waals surface area contributed by atoms with Gasteiger partial charge in [-0.3, -0.25) is 4.79 Å². The molecule has 1 saturated heterocycles. The lowest BCUT2D eigenvalue weighted by atomic mass is 10.0. The summed E-state index contributed by atoms with van der Waals surface area (Å²) in [5, 5.41) is 11.0. The Morgan fingerprint density at radius 2 is 2.07 bits per heavy atom. The molecule has 0 aliphatic carbocycles. The lowest BCUT2D eigenvalue weighted by molar-refractivity contribution is -0.120. The lowest BCUT2D eigenvalue weighted by Crippen LogP contribution is -2.29. The van der Waals surface area contributed by atoms with Gasteiger partial charge in [-0.25, -0.2) is 19.0 Å². The number of amides is 1. The van der Waals surface area contributed by atoms with Gasteiger partial charge in [0.2, 0.25) is 5.91 Å². The van der Waals surface area contributed by atoms with E-state index in [1.807, 2.05) is 4.68 Å². The molecule has 1 aliphatic rings. The molecule has 3 aromatic rings. The van der Waals surface area contributed by atoms with E-state index >= 15 is 0 Å². The fourth-order valence-corrected chi connectivity index (χ4v) is 3.40. The molecule has 3 heterocycles. The fourth-order valence-electron chi connectivity index (χ4n) is 3.40. The zero-order valence-electron chi connectivity index (χ0n) is 14.9. The summed E-state index contributed by atoms with van der Waals surface area (Å²) in [4.78, 5) is 21.0. The molecule has 4 rings (SSSR count). The molecule has 1 aromatic carbocycles. The second-order valence-electron chi connectivity index (χ2n) is 6.68. The molecule has 0 bridgehead atoms. The predicted octanol–water partition coefficient (Wildman–Crippen LogP) is 1.40. The fraction of sp³-hybridized carbons (Fsp3) is 0.368. The van der Waals surface area contributed by atoms with Crippen LogP contribution < -0.4 is 10.6 Å². The highest BCUT2D eigenvalue weighted by molar-refractivity contribution is 5.78. The molecular formula is C19H21FN6O. The van der Waals surface area contributed by atoms with Crippen molar-refractivity contribution in [1.29, 1.82) is 0 Å². The quantitative estimate of drug-likeness (QED) is 0.687. The Balaban J connectivity index is 1.40. The summed E-state index contributed by atoms with van der Waals surface area (Å²) in [6, 6.07) is 5.95. The first-order valence-electron chi connectivity index (χ1n) is 9.10. The van der Waals surface area contributed by atoms with Gasteiger partial charge in [-0.05, 0) is 30.7 Å². The molecule has 27 heavy (non-hydrogen) atoms. The van der Waals surface area contributed by atoms with E-state index in [-0.39, 0.29) is 18.1 Å². The van der Waals surface area contributed by atoms with E-state index in [0.717, 1.165) is 41.9 Å². The molecule has 1 fully saturated rings. The maximum absolute atomic E-state index is 12.9. The largest absolute Gasteiger partial charge is 0.354 e. The molecule has 2 aromatic heterocycles. The van der Waals surface area contributed by atoms with Crippen LogP contribution in [0.3, 0.4) is 0 Å². The predicted molar refractivity (Wildman–Crippen MR) is 98.7 cm³/mol. The van der Waals surface area contributed by atoms with Gasteiger partial charge in [0.25, 0.3) is 0 Å². The number of carbonyl (C=O) groups is 1. The van der Waals surface area contributed by atoms with E-state index in [1.165, 1.54) is 12.1 Å². The van der Waals surface area contributed by atoms with Crippen molar-refractivity contribution in [2.45, 2.75) is 25.3 Å². The van der Waals surface area contributed by atoms with Crippen LogP contribution in [-0.2, 0) is 17.8 Å². The number of fused-ring (bicyclic) bond motifs is 1. The molecule has 1 aliphatic heterocycles. The van der Waals surface area contributed by atoms with Gasteiger partial charge in [-0.15, -0.1) is 0 Å². The molecule has 0 saturated carbocycles. The summed E-state index contributed by atoms with van der Waals surface area (Å²) < 4.78 is 14.7. The van der Waals surface area contributed by atoms with Crippen molar-refractivity contribution in [3.63, 3.8) is 0 Å². The van der Waals surface area contributed by atoms with Gasteiger partial charge in [-0.1, -0.05) is 12.1 Å². The van der Waals surface area contributed by atoms with Crippen LogP contribution in [0.25, 0.3) is 11.2 Å². The van der Waals surface area contributed by atoms with E-state index in [1.54, 1.807) is 24.5 Å². The topological polar surface area (TPSA) is 84.7 Å². The molecule has 2 N–H and O–H groups in total. The molecule has 1 atom stereocenters. The van der Waals surface area contributed by atoms with Crippen molar-refractivity contribution >= 4 is 17.1 Å². The van der Waals surface area contributed by atoms with Crippen LogP contribution in [0.5, 0.6) is 0 Å². The summed E-state index contributed by atoms with van der Waals surface area (Å²) in [6.07, 6.45) is 4.60. The van der Waals surface area contributed by atoms with Crippen molar-refractivity contribution in [2.75, 3.05) is 19.6 Å². The molecule has 0 unspecified atom stereocenters. The van der Waals surface area contributed by atoms with Crippen LogP contribution in [0.2, 0.25) is 0 Å². The molecule has 1 amide bonds. The third-order valence-electron chi connectivity index (χ3n) is 4.77. The number of hydrogen-bond donors (Lipinski definition) is 2. The number of halogens is 1. The molecule has 7 nitrogen and oxygen atoms in total. The van der Waals surface area contributed by atoms with Crippen LogP contribution in [-0.4, -0.2) is 45.3 Å². The number of nitrogens with zero attached hydrogens (tertiary/aromatic N) is 4. The van der Waals surface area contributed by atoms with E-state index < -0.39 is 0 Å². The van der Waals surface area contributed by atoms with Crippen molar-refractivity contribution in [1.82, 2.24) is 30.4 Å². The van der Waals surface area contributed by atoms with Gasteiger partial charge in [0.15, 0.2) is 5.65 Å². The Bertz CT molecular complexity index is 933. The minimum atomic E-state index is -0.306. The average Bonchev–Trinajstić information content (AvgIpc) is 3.32. The van der Waals surface area contributed by atoms with Gasteiger partial charge in [0, 0.05) is 31.4 Å². The Morgan fingerprint density at radius 1 is 1.26 bits per heavy atom. The summed E-state index contributed by atoms with van der Waals surface area (Å²) in [7, 11) is 0. The number of aromatic nitrogens is 4. The summed E-state index contributed by atoms with van der Waals surface area (Å²) in [6.45, 7) is 2.84. The van der Waals surface area contributed by atoms with Crippen molar-refractivity contribution in [3.8, 4) is 0 Å². The highest BCUT2D eigenvalue weighted by atomic mass is 19.1. The van der Waals surface area contributed by atoms with Crippen molar-refractivity contribution < 1.29 is 9.18 Å². The number of nitrogens with one attached hydrogen (secondary N) is 2. The molecule has 140 valence electrons. The normalized spacial score (nSPS) is 16.7. The second kappa shape index (κ2) is 7.79. The minimum Gasteiger partial charge on any atom is -0.354 e. The zero-order valence-corrected chi connectivity index (χ0v) is 14.9. The van der Waals surface area contributed by atoms with Crippen LogP contribution in [0.4, 0.5) is 4.39 Å². The molecule has 0 radical (unpaired) electrons. The lowest BCUT2D eigenvalue weighted by Gasteiger charge is -2.06. The van der Waals surface area contributed by atoms with E-state index in [0.29, 0.717) is 19.0 Å². The molecule has 0 spiro atoms. The second-order valence-corrected chi connectivity index (χ2v) is 6.68. The number of carbonyl (C=O) groups excluding carboxylic acids is 1. The van der Waals surface area contributed by atoms with E-state index in [2.05, 4.69) is 20.6 Å². The first-order valence-corrected chi connectivity index (χ1v) is 9.10. The zero-order chi connectivity index (χ0) is 18.6. The van der Waals surface area contributed by atoms with Crippen LogP contribution in [0.15, 0.2) is 36.7 Å². The Hall–Kier alpha value is -2.87. The average molecular weight is 368 g/mol. The van der Waals surface area contributed by atoms with Gasteiger partial charge in [0.1, 0.15) is 11.3 Å². The maximum Gasteiger partial charge on any atom is 0.224 e. The van der Waals surface area contributed by atoms with Gasteiger partial charge in [0.05, 0.1) is 18.7 Å². The maximum atomic E-state index is 12.9. The Morgan fingerprint density at radius 3 is 2.85 bits per heavy atom. The molecular weight excluding hydrogens is 347 g/mol. The standard InChI is InChI=1S/C19H21FN6O/c20-15-3-1-13(2-4-15)11-16(27)22-9-10-26-19-18(23-7-8-24-19)17(25-26)14-5-6-21-12-14/h1-4,7-8,14,21H,5-6,9-12H2,(H,22,27)/t14-/m1/s1. The van der Waals surface area contributed by atoms with E-state index in [9.17, 15) is 9.18 Å². The number of rotatable bonds is 6. The summed E-state index contributed by atoms with van der Waals surface area (Å²) in [5.74, 6) is -0.0676.